The SMILES string of the molecule is COC(=O)C(O)C1(C#N)CCC(C(C)(C)C)CC1. The second-order valence-electron chi connectivity index (χ2n) is 6.33. The van der Waals surface area contributed by atoms with Crippen molar-refractivity contribution in [3.05, 3.63) is 0 Å². The molecule has 0 bridgehead atoms. The molecule has 1 aliphatic carbocycles. The molecule has 0 aromatic heterocycles. The molecule has 0 radical (unpaired) electrons. The van der Waals surface area contributed by atoms with E-state index in [0.29, 0.717) is 18.8 Å². The molecule has 1 unspecified atom stereocenters. The fourth-order valence-corrected chi connectivity index (χ4v) is 2.78. The molecule has 18 heavy (non-hydrogen) atoms. The number of nitriles is 1. The first-order valence-electron chi connectivity index (χ1n) is 6.44. The number of hydrogen-bond acceptors (Lipinski definition) is 4. The summed E-state index contributed by atoms with van der Waals surface area (Å²) >= 11 is 0. The van der Waals surface area contributed by atoms with Gasteiger partial charge in [0.15, 0.2) is 6.10 Å². The molecule has 4 nitrogen and oxygen atoms in total. The summed E-state index contributed by atoms with van der Waals surface area (Å²) in [6.45, 7) is 6.56. The van der Waals surface area contributed by atoms with E-state index in [1.165, 1.54) is 7.11 Å². The summed E-state index contributed by atoms with van der Waals surface area (Å²) in [6.07, 6.45) is 1.52. The number of hydrogen-bond donors (Lipinski definition) is 1. The maximum atomic E-state index is 11.4. The van der Waals surface area contributed by atoms with Gasteiger partial charge in [-0.25, -0.2) is 4.79 Å². The highest BCUT2D eigenvalue weighted by atomic mass is 16.5. The number of carbonyl (C=O) groups is 1. The second kappa shape index (κ2) is 5.27. The first-order chi connectivity index (χ1) is 8.27. The van der Waals surface area contributed by atoms with Crippen LogP contribution in [-0.2, 0) is 9.53 Å². The summed E-state index contributed by atoms with van der Waals surface area (Å²) in [5.74, 6) is -0.172. The molecule has 0 saturated heterocycles. The van der Waals surface area contributed by atoms with Gasteiger partial charge in [0.05, 0.1) is 18.6 Å². The van der Waals surface area contributed by atoms with Crippen molar-refractivity contribution in [2.75, 3.05) is 7.11 Å². The molecule has 1 saturated carbocycles. The van der Waals surface area contributed by atoms with E-state index in [0.717, 1.165) is 12.8 Å². The molecule has 0 aromatic rings. The van der Waals surface area contributed by atoms with Crippen molar-refractivity contribution in [1.29, 1.82) is 5.26 Å². The highest BCUT2D eigenvalue weighted by molar-refractivity contribution is 5.76. The topological polar surface area (TPSA) is 70.3 Å². The van der Waals surface area contributed by atoms with Gasteiger partial charge in [-0.1, -0.05) is 20.8 Å². The molecule has 0 heterocycles. The highest BCUT2D eigenvalue weighted by Gasteiger charge is 2.47. The molecular weight excluding hydrogens is 230 g/mol. The van der Waals surface area contributed by atoms with Crippen LogP contribution in [0.15, 0.2) is 0 Å². The predicted molar refractivity (Wildman–Crippen MR) is 67.5 cm³/mol. The number of rotatable bonds is 2. The smallest absolute Gasteiger partial charge is 0.336 e. The highest BCUT2D eigenvalue weighted by Crippen LogP contribution is 2.46. The van der Waals surface area contributed by atoms with E-state index in [2.05, 4.69) is 31.6 Å². The summed E-state index contributed by atoms with van der Waals surface area (Å²) in [5, 5.41) is 19.3. The van der Waals surface area contributed by atoms with Crippen molar-refractivity contribution >= 4 is 5.97 Å². The molecule has 1 aliphatic rings. The van der Waals surface area contributed by atoms with Crippen molar-refractivity contribution in [2.24, 2.45) is 16.7 Å². The average molecular weight is 253 g/mol. The van der Waals surface area contributed by atoms with Crippen molar-refractivity contribution in [3.8, 4) is 6.07 Å². The summed E-state index contributed by atoms with van der Waals surface area (Å²) in [5.41, 5.74) is -0.757. The zero-order valence-electron chi connectivity index (χ0n) is 11.7. The summed E-state index contributed by atoms with van der Waals surface area (Å²) < 4.78 is 4.55. The third kappa shape index (κ3) is 2.84. The Morgan fingerprint density at radius 3 is 2.28 bits per heavy atom. The van der Waals surface area contributed by atoms with E-state index >= 15 is 0 Å². The first kappa shape index (κ1) is 15.0. The van der Waals surface area contributed by atoms with Gasteiger partial charge >= 0.3 is 5.97 Å². The molecule has 1 rings (SSSR count). The van der Waals surface area contributed by atoms with Crippen LogP contribution in [0.3, 0.4) is 0 Å². The van der Waals surface area contributed by atoms with Crippen molar-refractivity contribution < 1.29 is 14.6 Å². The van der Waals surface area contributed by atoms with Crippen LogP contribution in [0.2, 0.25) is 0 Å². The van der Waals surface area contributed by atoms with E-state index in [-0.39, 0.29) is 5.41 Å². The Labute approximate surface area is 109 Å². The Hall–Kier alpha value is -1.08. The molecule has 1 N–H and O–H groups in total. The Bertz CT molecular complexity index is 343. The van der Waals surface area contributed by atoms with Gasteiger partial charge in [0.25, 0.3) is 0 Å². The lowest BCUT2D eigenvalue weighted by Gasteiger charge is -2.41. The molecule has 102 valence electrons. The predicted octanol–water partition coefficient (Wildman–Crippen LogP) is 2.27. The van der Waals surface area contributed by atoms with Gasteiger partial charge in [-0.15, -0.1) is 0 Å². The van der Waals surface area contributed by atoms with Crippen LogP contribution in [0.5, 0.6) is 0 Å². The van der Waals surface area contributed by atoms with E-state index < -0.39 is 17.5 Å². The Morgan fingerprint density at radius 2 is 1.94 bits per heavy atom. The van der Waals surface area contributed by atoms with Crippen molar-refractivity contribution in [3.63, 3.8) is 0 Å². The quantitative estimate of drug-likeness (QED) is 0.766. The third-order valence-electron chi connectivity index (χ3n) is 4.27. The number of ether oxygens (including phenoxy) is 1. The van der Waals surface area contributed by atoms with Gasteiger partial charge in [-0.3, -0.25) is 0 Å². The molecule has 0 amide bonds. The third-order valence-corrected chi connectivity index (χ3v) is 4.27. The fourth-order valence-electron chi connectivity index (χ4n) is 2.78. The maximum absolute atomic E-state index is 11.4. The number of esters is 1. The minimum Gasteiger partial charge on any atom is -0.467 e. The Kier molecular flexibility index (Phi) is 4.39. The number of carbonyl (C=O) groups excluding carboxylic acids is 1. The molecule has 1 atom stereocenters. The number of aliphatic hydroxyl groups is 1. The van der Waals surface area contributed by atoms with E-state index in [9.17, 15) is 15.2 Å². The molecule has 4 heteroatoms. The van der Waals surface area contributed by atoms with E-state index in [4.69, 9.17) is 0 Å². The van der Waals surface area contributed by atoms with Gasteiger partial charge in [0, 0.05) is 0 Å². The van der Waals surface area contributed by atoms with Gasteiger partial charge in [-0.2, -0.15) is 5.26 Å². The maximum Gasteiger partial charge on any atom is 0.336 e. The van der Waals surface area contributed by atoms with Crippen molar-refractivity contribution in [1.82, 2.24) is 0 Å². The molecular formula is C14H23NO3. The molecule has 0 aliphatic heterocycles. The standard InChI is InChI=1S/C14H23NO3/c1-13(2,3)10-5-7-14(9-15,8-6-10)11(16)12(17)18-4/h10-11,16H,5-8H2,1-4H3. The normalized spacial score (nSPS) is 30.3. The van der Waals surface area contributed by atoms with E-state index in [1.54, 1.807) is 0 Å². The van der Waals surface area contributed by atoms with Crippen LogP contribution in [0, 0.1) is 28.1 Å². The number of methoxy groups -OCH3 is 1. The second-order valence-corrected chi connectivity index (χ2v) is 6.33. The van der Waals surface area contributed by atoms with Gasteiger partial charge in [0.1, 0.15) is 0 Å². The lowest BCUT2D eigenvalue weighted by Crippen LogP contribution is -2.44. The van der Waals surface area contributed by atoms with Crippen LogP contribution in [0.1, 0.15) is 46.5 Å². The van der Waals surface area contributed by atoms with Crippen LogP contribution in [-0.4, -0.2) is 24.3 Å². The fraction of sp³-hybridized carbons (Fsp3) is 0.857. The monoisotopic (exact) mass is 253 g/mol. The number of nitrogens with zero attached hydrogens (tertiary/aromatic N) is 1. The van der Waals surface area contributed by atoms with Gasteiger partial charge < -0.3 is 9.84 Å². The minimum atomic E-state index is -1.33. The van der Waals surface area contributed by atoms with Crippen LogP contribution in [0.25, 0.3) is 0 Å². The molecule has 1 fully saturated rings. The molecule has 0 spiro atoms. The van der Waals surface area contributed by atoms with Crippen LogP contribution >= 0.6 is 0 Å². The van der Waals surface area contributed by atoms with Gasteiger partial charge in [-0.05, 0) is 37.0 Å². The molecule has 0 aromatic carbocycles. The minimum absolute atomic E-state index is 0.206. The summed E-state index contributed by atoms with van der Waals surface area (Å²) in [7, 11) is 1.23. The Balaban J connectivity index is 2.78. The van der Waals surface area contributed by atoms with Gasteiger partial charge in [0.2, 0.25) is 0 Å². The summed E-state index contributed by atoms with van der Waals surface area (Å²) in [6, 6.07) is 2.15. The first-order valence-corrected chi connectivity index (χ1v) is 6.44. The summed E-state index contributed by atoms with van der Waals surface area (Å²) in [4.78, 5) is 11.4. The van der Waals surface area contributed by atoms with Crippen molar-refractivity contribution in [2.45, 2.75) is 52.6 Å². The largest absolute Gasteiger partial charge is 0.467 e. The zero-order valence-corrected chi connectivity index (χ0v) is 11.7. The Morgan fingerprint density at radius 1 is 1.44 bits per heavy atom. The van der Waals surface area contributed by atoms with Crippen LogP contribution in [0.4, 0.5) is 0 Å². The lowest BCUT2D eigenvalue weighted by molar-refractivity contribution is -0.157. The average Bonchev–Trinajstić information content (AvgIpc) is 2.35. The zero-order chi connectivity index (χ0) is 14.0. The van der Waals surface area contributed by atoms with Crippen LogP contribution < -0.4 is 0 Å². The van der Waals surface area contributed by atoms with E-state index in [1.807, 2.05) is 0 Å². The lowest BCUT2D eigenvalue weighted by atomic mass is 9.63. The number of aliphatic hydroxyl groups excluding tert-OH is 1.